The highest BCUT2D eigenvalue weighted by Gasteiger charge is 2.41. The van der Waals surface area contributed by atoms with Crippen molar-refractivity contribution in [3.05, 3.63) is 30.1 Å². The van der Waals surface area contributed by atoms with Gasteiger partial charge in [0.25, 0.3) is 0 Å². The lowest BCUT2D eigenvalue weighted by atomic mass is 9.71. The summed E-state index contributed by atoms with van der Waals surface area (Å²) < 4.78 is 0. The molecule has 1 aromatic heterocycles. The monoisotopic (exact) mass is 290 g/mol. The predicted octanol–water partition coefficient (Wildman–Crippen LogP) is 2.68. The number of carboxylic acids is 1. The van der Waals surface area contributed by atoms with Crippen molar-refractivity contribution >= 4 is 11.9 Å². The van der Waals surface area contributed by atoms with Crippen molar-refractivity contribution in [1.82, 2.24) is 10.3 Å². The minimum Gasteiger partial charge on any atom is -0.481 e. The summed E-state index contributed by atoms with van der Waals surface area (Å²) in [6.45, 7) is 1.88. The molecule has 5 heteroatoms. The minimum absolute atomic E-state index is 0.0624. The quantitative estimate of drug-likeness (QED) is 0.873. The first-order chi connectivity index (χ1) is 10.0. The van der Waals surface area contributed by atoms with Gasteiger partial charge >= 0.3 is 5.97 Å². The summed E-state index contributed by atoms with van der Waals surface area (Å²) in [5, 5.41) is 12.4. The molecule has 1 amide bonds. The Morgan fingerprint density at radius 2 is 2.10 bits per heavy atom. The lowest BCUT2D eigenvalue weighted by Gasteiger charge is -2.32. The number of hydrogen-bond donors (Lipinski definition) is 2. The summed E-state index contributed by atoms with van der Waals surface area (Å²) in [4.78, 5) is 27.8. The van der Waals surface area contributed by atoms with Crippen molar-refractivity contribution in [3.8, 4) is 0 Å². The number of nitrogens with one attached hydrogen (secondary N) is 1. The molecule has 0 spiro atoms. The topological polar surface area (TPSA) is 79.3 Å². The van der Waals surface area contributed by atoms with Crippen molar-refractivity contribution in [2.24, 2.45) is 5.41 Å². The lowest BCUT2D eigenvalue weighted by molar-refractivity contribution is -0.154. The van der Waals surface area contributed by atoms with Crippen LogP contribution >= 0.6 is 0 Å². The Kier molecular flexibility index (Phi) is 4.94. The highest BCUT2D eigenvalue weighted by atomic mass is 16.4. The molecule has 0 aromatic carbocycles. The van der Waals surface area contributed by atoms with E-state index in [9.17, 15) is 14.7 Å². The fraction of sp³-hybridized carbons (Fsp3) is 0.562. The van der Waals surface area contributed by atoms with E-state index in [2.05, 4.69) is 10.3 Å². The first-order valence-corrected chi connectivity index (χ1v) is 7.46. The summed E-state index contributed by atoms with van der Waals surface area (Å²) >= 11 is 0. The van der Waals surface area contributed by atoms with Gasteiger partial charge in [-0.05, 0) is 31.4 Å². The molecule has 2 N–H and O–H groups in total. The van der Waals surface area contributed by atoms with Crippen LogP contribution in [0, 0.1) is 5.41 Å². The number of nitrogens with zero attached hydrogens (tertiary/aromatic N) is 1. The van der Waals surface area contributed by atoms with E-state index in [1.807, 2.05) is 19.1 Å². The van der Waals surface area contributed by atoms with Crippen LogP contribution in [0.15, 0.2) is 24.5 Å². The zero-order chi connectivity index (χ0) is 15.3. The van der Waals surface area contributed by atoms with Gasteiger partial charge in [-0.3, -0.25) is 14.6 Å². The van der Waals surface area contributed by atoms with Gasteiger partial charge < -0.3 is 10.4 Å². The Morgan fingerprint density at radius 1 is 1.38 bits per heavy atom. The molecule has 1 saturated carbocycles. The van der Waals surface area contributed by atoms with Crippen LogP contribution in [0.1, 0.15) is 57.1 Å². The van der Waals surface area contributed by atoms with E-state index in [1.165, 1.54) is 0 Å². The number of carboxylic acid groups (broad SMARTS) is 1. The smallest absolute Gasteiger partial charge is 0.310 e. The zero-order valence-electron chi connectivity index (χ0n) is 12.3. The summed E-state index contributed by atoms with van der Waals surface area (Å²) in [6, 6.07) is 3.55. The molecule has 1 aliphatic rings. The molecule has 0 bridgehead atoms. The number of aromatic nitrogens is 1. The molecule has 0 unspecified atom stereocenters. The van der Waals surface area contributed by atoms with Crippen LogP contribution in [-0.4, -0.2) is 22.0 Å². The van der Waals surface area contributed by atoms with Gasteiger partial charge in [-0.1, -0.05) is 25.3 Å². The maximum Gasteiger partial charge on any atom is 0.310 e. The number of rotatable bonds is 5. The maximum absolute atomic E-state index is 12.2. The van der Waals surface area contributed by atoms with Crippen LogP contribution < -0.4 is 5.32 Å². The Balaban J connectivity index is 1.98. The van der Waals surface area contributed by atoms with Crippen molar-refractivity contribution in [1.29, 1.82) is 0 Å². The third kappa shape index (κ3) is 3.80. The largest absolute Gasteiger partial charge is 0.481 e. The van der Waals surface area contributed by atoms with E-state index in [-0.39, 0.29) is 18.4 Å². The van der Waals surface area contributed by atoms with Crippen molar-refractivity contribution in [3.63, 3.8) is 0 Å². The predicted molar refractivity (Wildman–Crippen MR) is 78.6 cm³/mol. The molecular formula is C16H22N2O3. The van der Waals surface area contributed by atoms with E-state index in [4.69, 9.17) is 0 Å². The van der Waals surface area contributed by atoms with Crippen LogP contribution in [-0.2, 0) is 9.59 Å². The summed E-state index contributed by atoms with van der Waals surface area (Å²) in [5.74, 6) is -1.04. The van der Waals surface area contributed by atoms with Gasteiger partial charge in [-0.25, -0.2) is 0 Å². The van der Waals surface area contributed by atoms with Crippen molar-refractivity contribution < 1.29 is 14.7 Å². The molecule has 21 heavy (non-hydrogen) atoms. The summed E-state index contributed by atoms with van der Waals surface area (Å²) in [7, 11) is 0. The second kappa shape index (κ2) is 6.70. The number of aliphatic carboxylic acids is 1. The molecule has 0 saturated heterocycles. The maximum atomic E-state index is 12.2. The third-order valence-corrected chi connectivity index (χ3v) is 4.33. The molecule has 1 fully saturated rings. The van der Waals surface area contributed by atoms with Crippen molar-refractivity contribution in [2.45, 2.75) is 51.5 Å². The molecule has 114 valence electrons. The molecule has 0 radical (unpaired) electrons. The Hall–Kier alpha value is -1.91. The summed E-state index contributed by atoms with van der Waals surface area (Å²) in [6.07, 6.45) is 7.47. The van der Waals surface area contributed by atoms with Gasteiger partial charge in [-0.2, -0.15) is 0 Å². The van der Waals surface area contributed by atoms with Crippen LogP contribution in [0.3, 0.4) is 0 Å². The molecular weight excluding hydrogens is 268 g/mol. The number of carbonyl (C=O) groups is 2. The second-order valence-corrected chi connectivity index (χ2v) is 5.90. The lowest BCUT2D eigenvalue weighted by Crippen LogP contribution is -2.39. The van der Waals surface area contributed by atoms with Gasteiger partial charge in [-0.15, -0.1) is 0 Å². The van der Waals surface area contributed by atoms with E-state index in [0.29, 0.717) is 12.8 Å². The minimum atomic E-state index is -0.878. The van der Waals surface area contributed by atoms with Gasteiger partial charge in [0.15, 0.2) is 0 Å². The Bertz CT molecular complexity index is 496. The van der Waals surface area contributed by atoms with E-state index >= 15 is 0 Å². The van der Waals surface area contributed by atoms with Gasteiger partial charge in [0.05, 0.1) is 11.5 Å². The molecule has 5 nitrogen and oxygen atoms in total. The first kappa shape index (κ1) is 15.5. The van der Waals surface area contributed by atoms with E-state index < -0.39 is 11.4 Å². The standard InChI is InChI=1S/C16H22N2O3/c1-12(13-6-5-9-17-11-13)18-14(19)10-16(15(20)21)7-3-2-4-8-16/h5-6,9,11-12H,2-4,7-8,10H2,1H3,(H,18,19)(H,20,21)/t12-/m1/s1. The SMILES string of the molecule is C[C@@H](NC(=O)CC1(C(=O)O)CCCCC1)c1cccnc1. The molecule has 1 atom stereocenters. The fourth-order valence-corrected chi connectivity index (χ4v) is 3.01. The molecule has 2 rings (SSSR count). The molecule has 1 aromatic rings. The Labute approximate surface area is 124 Å². The zero-order valence-corrected chi connectivity index (χ0v) is 12.3. The number of pyridine rings is 1. The average Bonchev–Trinajstić information content (AvgIpc) is 2.48. The molecule has 1 aliphatic carbocycles. The van der Waals surface area contributed by atoms with Crippen LogP contribution in [0.2, 0.25) is 0 Å². The van der Waals surface area contributed by atoms with Gasteiger partial charge in [0.1, 0.15) is 0 Å². The number of carbonyl (C=O) groups excluding carboxylic acids is 1. The highest BCUT2D eigenvalue weighted by Crippen LogP contribution is 2.39. The second-order valence-electron chi connectivity index (χ2n) is 5.90. The van der Waals surface area contributed by atoms with Crippen LogP contribution in [0.4, 0.5) is 0 Å². The normalized spacial score (nSPS) is 18.7. The highest BCUT2D eigenvalue weighted by molar-refractivity contribution is 5.85. The Morgan fingerprint density at radius 3 is 2.67 bits per heavy atom. The summed E-state index contributed by atoms with van der Waals surface area (Å²) in [5.41, 5.74) is 0.0376. The molecule has 1 heterocycles. The van der Waals surface area contributed by atoms with E-state index in [1.54, 1.807) is 12.4 Å². The van der Waals surface area contributed by atoms with Crippen molar-refractivity contribution in [2.75, 3.05) is 0 Å². The van der Waals surface area contributed by atoms with E-state index in [0.717, 1.165) is 24.8 Å². The van der Waals surface area contributed by atoms with Crippen LogP contribution in [0.5, 0.6) is 0 Å². The fourth-order valence-electron chi connectivity index (χ4n) is 3.01. The third-order valence-electron chi connectivity index (χ3n) is 4.33. The number of hydrogen-bond acceptors (Lipinski definition) is 3. The van der Waals surface area contributed by atoms with Crippen LogP contribution in [0.25, 0.3) is 0 Å². The first-order valence-electron chi connectivity index (χ1n) is 7.46. The molecule has 0 aliphatic heterocycles. The van der Waals surface area contributed by atoms with Gasteiger partial charge in [0, 0.05) is 18.8 Å². The average molecular weight is 290 g/mol. The van der Waals surface area contributed by atoms with Gasteiger partial charge in [0.2, 0.25) is 5.91 Å². The number of amides is 1.